The number of nitriles is 1. The highest BCUT2D eigenvalue weighted by Crippen LogP contribution is 2.27. The Kier molecular flexibility index (Phi) is 4.35. The van der Waals surface area contributed by atoms with E-state index in [1.54, 1.807) is 0 Å². The third kappa shape index (κ3) is 2.90. The molecule has 0 spiro atoms. The standard InChI is InChI=1S/C15H21N3/c1-12-3-4-14(13(2)11-12)15(5-6-16)18-9-7-17-8-10-18/h3-4,11,15,17H,5,7-10H2,1-2H3/t15-/m0/s1. The van der Waals surface area contributed by atoms with Gasteiger partial charge in [-0.05, 0) is 25.0 Å². The van der Waals surface area contributed by atoms with Crippen molar-refractivity contribution in [2.75, 3.05) is 26.2 Å². The molecule has 0 unspecified atom stereocenters. The summed E-state index contributed by atoms with van der Waals surface area (Å²) in [7, 11) is 0. The van der Waals surface area contributed by atoms with Crippen LogP contribution < -0.4 is 5.32 Å². The Morgan fingerprint density at radius 1 is 1.33 bits per heavy atom. The third-order valence-corrected chi connectivity index (χ3v) is 3.66. The summed E-state index contributed by atoms with van der Waals surface area (Å²) in [6, 6.07) is 9.14. The molecule has 0 aromatic heterocycles. The van der Waals surface area contributed by atoms with Crippen LogP contribution in [0.3, 0.4) is 0 Å². The molecule has 1 heterocycles. The highest BCUT2D eigenvalue weighted by molar-refractivity contribution is 5.33. The highest BCUT2D eigenvalue weighted by Gasteiger charge is 2.23. The van der Waals surface area contributed by atoms with E-state index in [1.165, 1.54) is 16.7 Å². The minimum Gasteiger partial charge on any atom is -0.314 e. The van der Waals surface area contributed by atoms with Gasteiger partial charge in [-0.15, -0.1) is 0 Å². The van der Waals surface area contributed by atoms with Crippen molar-refractivity contribution < 1.29 is 0 Å². The van der Waals surface area contributed by atoms with Crippen LogP contribution in [-0.4, -0.2) is 31.1 Å². The Morgan fingerprint density at radius 3 is 2.67 bits per heavy atom. The number of rotatable bonds is 3. The van der Waals surface area contributed by atoms with Crippen LogP contribution in [0.4, 0.5) is 0 Å². The predicted molar refractivity (Wildman–Crippen MR) is 73.3 cm³/mol. The van der Waals surface area contributed by atoms with Crippen LogP contribution in [-0.2, 0) is 0 Å². The first kappa shape index (κ1) is 13.1. The molecule has 18 heavy (non-hydrogen) atoms. The molecule has 1 atom stereocenters. The largest absolute Gasteiger partial charge is 0.314 e. The molecule has 0 amide bonds. The molecule has 3 nitrogen and oxygen atoms in total. The van der Waals surface area contributed by atoms with Gasteiger partial charge >= 0.3 is 0 Å². The Bertz CT molecular complexity index is 442. The van der Waals surface area contributed by atoms with Gasteiger partial charge in [0, 0.05) is 32.2 Å². The molecule has 1 aromatic rings. The van der Waals surface area contributed by atoms with Crippen molar-refractivity contribution in [3.8, 4) is 6.07 Å². The monoisotopic (exact) mass is 243 g/mol. The van der Waals surface area contributed by atoms with Crippen LogP contribution in [0, 0.1) is 25.2 Å². The molecule has 1 fully saturated rings. The van der Waals surface area contributed by atoms with Crippen molar-refractivity contribution in [2.45, 2.75) is 26.3 Å². The molecule has 96 valence electrons. The summed E-state index contributed by atoms with van der Waals surface area (Å²) in [5.41, 5.74) is 3.89. The van der Waals surface area contributed by atoms with Crippen LogP contribution in [0.1, 0.15) is 29.2 Å². The molecule has 1 N–H and O–H groups in total. The number of hydrogen-bond acceptors (Lipinski definition) is 3. The first-order chi connectivity index (χ1) is 8.72. The Labute approximate surface area is 109 Å². The molecule has 2 rings (SSSR count). The smallest absolute Gasteiger partial charge is 0.0641 e. The molecule has 1 aliphatic heterocycles. The summed E-state index contributed by atoms with van der Waals surface area (Å²) < 4.78 is 0. The number of nitrogens with zero attached hydrogens (tertiary/aromatic N) is 2. The molecular formula is C15H21N3. The molecule has 0 bridgehead atoms. The van der Waals surface area contributed by atoms with Crippen molar-refractivity contribution in [3.63, 3.8) is 0 Å². The average Bonchev–Trinajstić information content (AvgIpc) is 2.38. The second-order valence-corrected chi connectivity index (χ2v) is 5.02. The average molecular weight is 243 g/mol. The summed E-state index contributed by atoms with van der Waals surface area (Å²) in [5.74, 6) is 0. The minimum absolute atomic E-state index is 0.248. The molecule has 1 aliphatic rings. The molecule has 3 heteroatoms. The van der Waals surface area contributed by atoms with Crippen molar-refractivity contribution in [2.24, 2.45) is 0 Å². The summed E-state index contributed by atoms with van der Waals surface area (Å²) >= 11 is 0. The van der Waals surface area contributed by atoms with Crippen LogP contribution in [0.25, 0.3) is 0 Å². The number of aryl methyl sites for hydroxylation is 2. The van der Waals surface area contributed by atoms with Gasteiger partial charge in [-0.3, -0.25) is 4.90 Å². The van der Waals surface area contributed by atoms with Gasteiger partial charge in [0.1, 0.15) is 0 Å². The molecule has 1 aromatic carbocycles. The number of benzene rings is 1. The van der Waals surface area contributed by atoms with Gasteiger partial charge in [-0.2, -0.15) is 5.26 Å². The van der Waals surface area contributed by atoms with Gasteiger partial charge in [0.2, 0.25) is 0 Å². The Hall–Kier alpha value is -1.37. The molecule has 0 aliphatic carbocycles. The van der Waals surface area contributed by atoms with E-state index in [0.29, 0.717) is 6.42 Å². The van der Waals surface area contributed by atoms with Crippen molar-refractivity contribution >= 4 is 0 Å². The van der Waals surface area contributed by atoms with Gasteiger partial charge in [-0.25, -0.2) is 0 Å². The maximum Gasteiger partial charge on any atom is 0.0641 e. The highest BCUT2D eigenvalue weighted by atomic mass is 15.2. The zero-order chi connectivity index (χ0) is 13.0. The van der Waals surface area contributed by atoms with Crippen LogP contribution >= 0.6 is 0 Å². The first-order valence-electron chi connectivity index (χ1n) is 6.61. The van der Waals surface area contributed by atoms with Gasteiger partial charge in [-0.1, -0.05) is 23.8 Å². The summed E-state index contributed by atoms with van der Waals surface area (Å²) in [4.78, 5) is 2.43. The van der Waals surface area contributed by atoms with Crippen LogP contribution in [0.15, 0.2) is 18.2 Å². The fraction of sp³-hybridized carbons (Fsp3) is 0.533. The predicted octanol–water partition coefficient (Wildman–Crippen LogP) is 2.16. The Morgan fingerprint density at radius 2 is 2.06 bits per heavy atom. The van der Waals surface area contributed by atoms with Gasteiger partial charge < -0.3 is 5.32 Å². The molecule has 0 saturated carbocycles. The Balaban J connectivity index is 2.25. The fourth-order valence-corrected chi connectivity index (χ4v) is 2.72. The van der Waals surface area contributed by atoms with E-state index in [9.17, 15) is 0 Å². The fourth-order valence-electron chi connectivity index (χ4n) is 2.72. The summed E-state index contributed by atoms with van der Waals surface area (Å²) in [5, 5.41) is 12.4. The molecule has 1 saturated heterocycles. The topological polar surface area (TPSA) is 39.1 Å². The maximum atomic E-state index is 9.08. The second kappa shape index (κ2) is 5.99. The SMILES string of the molecule is Cc1ccc([C@H](CC#N)N2CCNCC2)c(C)c1. The van der Waals surface area contributed by atoms with Crippen molar-refractivity contribution in [1.29, 1.82) is 5.26 Å². The van der Waals surface area contributed by atoms with Crippen molar-refractivity contribution in [3.05, 3.63) is 34.9 Å². The van der Waals surface area contributed by atoms with E-state index in [0.717, 1.165) is 26.2 Å². The van der Waals surface area contributed by atoms with Crippen LogP contribution in [0.2, 0.25) is 0 Å². The van der Waals surface area contributed by atoms with E-state index < -0.39 is 0 Å². The van der Waals surface area contributed by atoms with E-state index in [1.807, 2.05) is 0 Å². The summed E-state index contributed by atoms with van der Waals surface area (Å²) in [6.45, 7) is 8.36. The second-order valence-electron chi connectivity index (χ2n) is 5.02. The lowest BCUT2D eigenvalue weighted by atomic mass is 9.96. The van der Waals surface area contributed by atoms with Crippen molar-refractivity contribution in [1.82, 2.24) is 10.2 Å². The lowest BCUT2D eigenvalue weighted by Crippen LogP contribution is -2.45. The van der Waals surface area contributed by atoms with Crippen LogP contribution in [0.5, 0.6) is 0 Å². The minimum atomic E-state index is 0.248. The first-order valence-corrected chi connectivity index (χ1v) is 6.61. The van der Waals surface area contributed by atoms with E-state index >= 15 is 0 Å². The molecule has 0 radical (unpaired) electrons. The maximum absolute atomic E-state index is 9.08. The lowest BCUT2D eigenvalue weighted by molar-refractivity contribution is 0.175. The third-order valence-electron chi connectivity index (χ3n) is 3.66. The van der Waals surface area contributed by atoms with Gasteiger partial charge in [0.25, 0.3) is 0 Å². The zero-order valence-electron chi connectivity index (χ0n) is 11.2. The lowest BCUT2D eigenvalue weighted by Gasteiger charge is -2.34. The number of nitrogens with one attached hydrogen (secondary N) is 1. The van der Waals surface area contributed by atoms with Gasteiger partial charge in [0.05, 0.1) is 12.5 Å². The number of piperazine rings is 1. The van der Waals surface area contributed by atoms with E-state index in [-0.39, 0.29) is 6.04 Å². The molecular weight excluding hydrogens is 222 g/mol. The quantitative estimate of drug-likeness (QED) is 0.884. The number of hydrogen-bond donors (Lipinski definition) is 1. The van der Waals surface area contributed by atoms with E-state index in [2.05, 4.69) is 48.3 Å². The van der Waals surface area contributed by atoms with Gasteiger partial charge in [0.15, 0.2) is 0 Å². The zero-order valence-corrected chi connectivity index (χ0v) is 11.2. The summed E-state index contributed by atoms with van der Waals surface area (Å²) in [6.07, 6.45) is 0.573. The normalized spacial score (nSPS) is 18.3. The van der Waals surface area contributed by atoms with E-state index in [4.69, 9.17) is 5.26 Å².